The van der Waals surface area contributed by atoms with E-state index < -0.39 is 17.4 Å². The van der Waals surface area contributed by atoms with E-state index in [0.29, 0.717) is 6.20 Å². The summed E-state index contributed by atoms with van der Waals surface area (Å²) in [6.45, 7) is 0. The summed E-state index contributed by atoms with van der Waals surface area (Å²) in [6, 6.07) is 0. The fraction of sp³-hybridized carbons (Fsp3) is 0.143. The Morgan fingerprint density at radius 3 is 2.56 bits per heavy atom. The summed E-state index contributed by atoms with van der Waals surface area (Å²) in [5.74, 6) is -0.450. The molecule has 0 amide bonds. The Hall–Kier alpha value is -2.19. The summed E-state index contributed by atoms with van der Waals surface area (Å²) in [6.07, 6.45) is -2.83. The number of nitrogens with two attached hydrogens (primary N) is 1. The Kier molecular flexibility index (Phi) is 2.22. The number of aromatic nitrogens is 5. The Morgan fingerprint density at radius 1 is 1.25 bits per heavy atom. The van der Waals surface area contributed by atoms with Gasteiger partial charge in [0, 0.05) is 6.20 Å². The molecule has 0 radical (unpaired) electrons. The molecular formula is C7H5F3N6. The second-order valence-electron chi connectivity index (χ2n) is 2.81. The summed E-state index contributed by atoms with van der Waals surface area (Å²) in [4.78, 5) is 10.4. The average molecular weight is 230 g/mol. The molecule has 2 rings (SSSR count). The molecule has 0 unspecified atom stereocenters. The zero-order chi connectivity index (χ0) is 11.8. The lowest BCUT2D eigenvalue weighted by atomic mass is 10.2. The number of halogens is 3. The number of hydrogen-bond donors (Lipinski definition) is 2. The minimum Gasteiger partial charge on any atom is -0.368 e. The summed E-state index contributed by atoms with van der Waals surface area (Å²) in [7, 11) is 0. The first-order chi connectivity index (χ1) is 7.48. The van der Waals surface area contributed by atoms with Gasteiger partial charge in [0.25, 0.3) is 0 Å². The van der Waals surface area contributed by atoms with E-state index in [1.54, 1.807) is 0 Å². The van der Waals surface area contributed by atoms with Gasteiger partial charge in [-0.1, -0.05) is 0 Å². The van der Waals surface area contributed by atoms with Gasteiger partial charge in [0.2, 0.25) is 5.95 Å². The first-order valence-electron chi connectivity index (χ1n) is 4.04. The molecule has 0 aliphatic heterocycles. The minimum absolute atomic E-state index is 0.179. The van der Waals surface area contributed by atoms with Crippen molar-refractivity contribution >= 4 is 5.95 Å². The zero-order valence-electron chi connectivity index (χ0n) is 7.65. The van der Waals surface area contributed by atoms with Gasteiger partial charge >= 0.3 is 6.18 Å². The number of alkyl halides is 3. The highest BCUT2D eigenvalue weighted by Gasteiger charge is 2.36. The van der Waals surface area contributed by atoms with Crippen LogP contribution in [0.1, 0.15) is 5.56 Å². The van der Waals surface area contributed by atoms with Crippen LogP contribution in [0.3, 0.4) is 0 Å². The van der Waals surface area contributed by atoms with Crippen LogP contribution in [-0.4, -0.2) is 25.1 Å². The molecule has 2 aromatic rings. The van der Waals surface area contributed by atoms with E-state index in [4.69, 9.17) is 5.73 Å². The van der Waals surface area contributed by atoms with Crippen LogP contribution in [-0.2, 0) is 6.18 Å². The highest BCUT2D eigenvalue weighted by atomic mass is 19.4. The predicted molar refractivity (Wildman–Crippen MR) is 46.8 cm³/mol. The molecule has 16 heavy (non-hydrogen) atoms. The third kappa shape index (κ3) is 1.78. The van der Waals surface area contributed by atoms with Gasteiger partial charge in [0.05, 0.1) is 0 Å². The smallest absolute Gasteiger partial charge is 0.368 e. The van der Waals surface area contributed by atoms with Crippen molar-refractivity contribution in [2.75, 3.05) is 5.73 Å². The summed E-state index contributed by atoms with van der Waals surface area (Å²) in [5, 5.41) is 5.82. The number of nitrogen functional groups attached to an aromatic ring is 1. The van der Waals surface area contributed by atoms with Crippen molar-refractivity contribution in [3.63, 3.8) is 0 Å². The molecule has 0 saturated heterocycles. The normalized spacial score (nSPS) is 11.7. The highest BCUT2D eigenvalue weighted by molar-refractivity contribution is 5.56. The highest BCUT2D eigenvalue weighted by Crippen LogP contribution is 2.34. The van der Waals surface area contributed by atoms with Crippen molar-refractivity contribution < 1.29 is 13.2 Å². The molecule has 0 aliphatic rings. The summed E-state index contributed by atoms with van der Waals surface area (Å²) >= 11 is 0. The summed E-state index contributed by atoms with van der Waals surface area (Å²) < 4.78 is 37.8. The van der Waals surface area contributed by atoms with E-state index in [-0.39, 0.29) is 11.8 Å². The SMILES string of the molecule is Nc1ncc(C(F)(F)F)c(-c2nc[nH]n2)n1. The molecule has 0 aromatic carbocycles. The fourth-order valence-corrected chi connectivity index (χ4v) is 1.10. The second kappa shape index (κ2) is 3.43. The zero-order valence-corrected chi connectivity index (χ0v) is 7.65. The summed E-state index contributed by atoms with van der Waals surface area (Å²) in [5.41, 5.74) is 3.75. The number of anilines is 1. The molecule has 6 nitrogen and oxygen atoms in total. The van der Waals surface area contributed by atoms with E-state index in [1.807, 2.05) is 0 Å². The lowest BCUT2D eigenvalue weighted by Crippen LogP contribution is -2.11. The molecule has 0 aliphatic carbocycles. The van der Waals surface area contributed by atoms with Crippen molar-refractivity contribution in [2.45, 2.75) is 6.18 Å². The molecule has 84 valence electrons. The van der Waals surface area contributed by atoms with Crippen LogP contribution >= 0.6 is 0 Å². The van der Waals surface area contributed by atoms with Gasteiger partial charge in [-0.3, -0.25) is 5.10 Å². The maximum absolute atomic E-state index is 12.6. The van der Waals surface area contributed by atoms with Gasteiger partial charge in [-0.15, -0.1) is 0 Å². The molecule has 3 N–H and O–H groups in total. The van der Waals surface area contributed by atoms with Gasteiger partial charge in [0.1, 0.15) is 17.6 Å². The molecule has 0 atom stereocenters. The number of aromatic amines is 1. The van der Waals surface area contributed by atoms with Gasteiger partial charge in [-0.2, -0.15) is 18.3 Å². The van der Waals surface area contributed by atoms with E-state index >= 15 is 0 Å². The Labute approximate surface area is 86.7 Å². The fourth-order valence-electron chi connectivity index (χ4n) is 1.10. The lowest BCUT2D eigenvalue weighted by Gasteiger charge is -2.09. The predicted octanol–water partition coefficient (Wildman–Crippen LogP) is 0.863. The minimum atomic E-state index is -4.58. The van der Waals surface area contributed by atoms with Crippen LogP contribution in [0, 0.1) is 0 Å². The van der Waals surface area contributed by atoms with E-state index in [1.165, 1.54) is 0 Å². The van der Waals surface area contributed by atoms with Crippen LogP contribution in [0.5, 0.6) is 0 Å². The third-order valence-corrected chi connectivity index (χ3v) is 1.74. The molecule has 2 aromatic heterocycles. The van der Waals surface area contributed by atoms with Gasteiger partial charge < -0.3 is 5.73 Å². The molecule has 0 spiro atoms. The molecule has 0 bridgehead atoms. The van der Waals surface area contributed by atoms with Crippen molar-refractivity contribution in [2.24, 2.45) is 0 Å². The Morgan fingerprint density at radius 2 is 2.00 bits per heavy atom. The topological polar surface area (TPSA) is 93.4 Å². The number of rotatable bonds is 1. The van der Waals surface area contributed by atoms with Crippen molar-refractivity contribution in [1.82, 2.24) is 25.1 Å². The first kappa shape index (κ1) is 10.3. The molecule has 2 heterocycles. The van der Waals surface area contributed by atoms with Crippen LogP contribution < -0.4 is 5.73 Å². The number of H-pyrrole nitrogens is 1. The molecule has 0 fully saturated rings. The third-order valence-electron chi connectivity index (χ3n) is 1.74. The van der Waals surface area contributed by atoms with E-state index in [0.717, 1.165) is 6.33 Å². The second-order valence-corrected chi connectivity index (χ2v) is 2.81. The maximum Gasteiger partial charge on any atom is 0.420 e. The number of nitrogens with zero attached hydrogens (tertiary/aromatic N) is 4. The maximum atomic E-state index is 12.6. The largest absolute Gasteiger partial charge is 0.420 e. The number of hydrogen-bond acceptors (Lipinski definition) is 5. The van der Waals surface area contributed by atoms with Crippen molar-refractivity contribution in [3.8, 4) is 11.5 Å². The van der Waals surface area contributed by atoms with Crippen LogP contribution in [0.4, 0.5) is 19.1 Å². The molecular weight excluding hydrogens is 225 g/mol. The van der Waals surface area contributed by atoms with Crippen LogP contribution in [0.25, 0.3) is 11.5 Å². The lowest BCUT2D eigenvalue weighted by molar-refractivity contribution is -0.137. The molecule has 9 heteroatoms. The van der Waals surface area contributed by atoms with Crippen LogP contribution in [0.2, 0.25) is 0 Å². The van der Waals surface area contributed by atoms with E-state index in [2.05, 4.69) is 25.1 Å². The van der Waals surface area contributed by atoms with Crippen molar-refractivity contribution in [1.29, 1.82) is 0 Å². The first-order valence-corrected chi connectivity index (χ1v) is 4.04. The Balaban J connectivity index is 2.63. The quantitative estimate of drug-likeness (QED) is 0.757. The number of nitrogens with one attached hydrogen (secondary N) is 1. The Bertz CT molecular complexity index is 491. The van der Waals surface area contributed by atoms with Gasteiger partial charge in [0.15, 0.2) is 5.82 Å². The molecule has 0 saturated carbocycles. The van der Waals surface area contributed by atoms with E-state index in [9.17, 15) is 13.2 Å². The monoisotopic (exact) mass is 230 g/mol. The van der Waals surface area contributed by atoms with Crippen molar-refractivity contribution in [3.05, 3.63) is 18.1 Å². The standard InChI is InChI=1S/C7H5F3N6/c8-7(9,10)3-1-12-6(11)15-4(3)5-13-2-14-16-5/h1-2H,(H2,11,12,15)(H,13,14,16). The average Bonchev–Trinajstić information content (AvgIpc) is 2.68. The van der Waals surface area contributed by atoms with Crippen LogP contribution in [0.15, 0.2) is 12.5 Å². The van der Waals surface area contributed by atoms with Gasteiger partial charge in [-0.05, 0) is 0 Å². The van der Waals surface area contributed by atoms with Gasteiger partial charge in [-0.25, -0.2) is 15.0 Å².